The zero-order valence-corrected chi connectivity index (χ0v) is 12.9. The Morgan fingerprint density at radius 1 is 1.32 bits per heavy atom. The van der Waals surface area contributed by atoms with Crippen molar-refractivity contribution in [1.29, 1.82) is 0 Å². The van der Waals surface area contributed by atoms with Gasteiger partial charge in [0.25, 0.3) is 0 Å². The number of anilines is 1. The quantitative estimate of drug-likeness (QED) is 0.782. The molecule has 2 aliphatic heterocycles. The van der Waals surface area contributed by atoms with Gasteiger partial charge in [-0.1, -0.05) is 6.07 Å². The number of rotatable bonds is 1. The first-order chi connectivity index (χ1) is 8.87. The molecule has 19 heavy (non-hydrogen) atoms. The second kappa shape index (κ2) is 4.31. The largest absolute Gasteiger partial charge is 0.307 e. The minimum Gasteiger partial charge on any atom is -0.307 e. The first-order valence-electron chi connectivity index (χ1n) is 6.16. The Kier molecular flexibility index (Phi) is 2.98. The van der Waals surface area contributed by atoms with Crippen LogP contribution in [0.4, 0.5) is 5.69 Å². The molecule has 102 valence electrons. The molecule has 0 saturated carbocycles. The first-order valence-corrected chi connectivity index (χ1v) is 8.77. The summed E-state index contributed by atoms with van der Waals surface area (Å²) in [5, 5.41) is 0. The summed E-state index contributed by atoms with van der Waals surface area (Å²) in [5.74, 6) is 0.202. The number of hydrogen-bond acceptors (Lipinski definition) is 3. The fourth-order valence-corrected chi connectivity index (χ4v) is 5.76. The number of carbonyl (C=O) groups is 1. The van der Waals surface area contributed by atoms with E-state index in [0.29, 0.717) is 6.42 Å². The van der Waals surface area contributed by atoms with Gasteiger partial charge < -0.3 is 4.90 Å². The van der Waals surface area contributed by atoms with Gasteiger partial charge in [-0.05, 0) is 40.5 Å². The molecule has 2 heterocycles. The van der Waals surface area contributed by atoms with E-state index in [2.05, 4.69) is 15.9 Å². The highest BCUT2D eigenvalue weighted by Crippen LogP contribution is 2.40. The van der Waals surface area contributed by atoms with Crippen molar-refractivity contribution in [3.63, 3.8) is 0 Å². The summed E-state index contributed by atoms with van der Waals surface area (Å²) < 4.78 is 24.3. The van der Waals surface area contributed by atoms with Crippen LogP contribution in [0.2, 0.25) is 0 Å². The second-order valence-electron chi connectivity index (χ2n) is 5.33. The van der Waals surface area contributed by atoms with Crippen molar-refractivity contribution in [3.8, 4) is 0 Å². The fourth-order valence-electron chi connectivity index (χ4n) is 3.01. The fraction of sp³-hybridized carbons (Fsp3) is 0.462. The Balaban J connectivity index is 2.02. The standard InChI is InChI=1S/C13H14BrNO3S/c1-8-2-3-11(10(14)4-8)15-12-7-19(17,18)6-9(12)5-13(15)16/h2-4,9,12H,5-7H2,1H3/t9-,12-/m1/s1. The SMILES string of the molecule is Cc1ccc(N2C(=O)C[C@@H]3CS(=O)(=O)C[C@H]32)c(Br)c1. The molecule has 2 atom stereocenters. The summed E-state index contributed by atoms with van der Waals surface area (Å²) in [6.45, 7) is 1.98. The number of aryl methyl sites for hydroxylation is 1. The Morgan fingerprint density at radius 2 is 2.05 bits per heavy atom. The van der Waals surface area contributed by atoms with Gasteiger partial charge in [0, 0.05) is 16.8 Å². The normalized spacial score (nSPS) is 28.7. The van der Waals surface area contributed by atoms with Crippen LogP contribution in [0, 0.1) is 12.8 Å². The van der Waals surface area contributed by atoms with E-state index in [1.165, 1.54) is 0 Å². The first kappa shape index (κ1) is 13.1. The Labute approximate surface area is 120 Å². The molecule has 0 spiro atoms. The molecule has 2 saturated heterocycles. The molecule has 1 aromatic rings. The maximum Gasteiger partial charge on any atom is 0.227 e. The van der Waals surface area contributed by atoms with Crippen LogP contribution in [-0.4, -0.2) is 31.9 Å². The molecule has 0 radical (unpaired) electrons. The van der Waals surface area contributed by atoms with E-state index in [1.807, 2.05) is 25.1 Å². The highest BCUT2D eigenvalue weighted by atomic mass is 79.9. The van der Waals surface area contributed by atoms with Gasteiger partial charge in [0.15, 0.2) is 9.84 Å². The van der Waals surface area contributed by atoms with Gasteiger partial charge in [0.2, 0.25) is 5.91 Å². The van der Waals surface area contributed by atoms with Gasteiger partial charge in [-0.25, -0.2) is 8.42 Å². The molecule has 0 unspecified atom stereocenters. The smallest absolute Gasteiger partial charge is 0.227 e. The third kappa shape index (κ3) is 2.21. The minimum absolute atomic E-state index is 0.0226. The van der Waals surface area contributed by atoms with Crippen LogP contribution in [0.15, 0.2) is 22.7 Å². The molecule has 3 rings (SSSR count). The van der Waals surface area contributed by atoms with Crippen LogP contribution >= 0.6 is 15.9 Å². The topological polar surface area (TPSA) is 54.5 Å². The molecule has 2 aliphatic rings. The number of hydrogen-bond donors (Lipinski definition) is 0. The highest BCUT2D eigenvalue weighted by Gasteiger charge is 2.49. The number of sulfone groups is 1. The van der Waals surface area contributed by atoms with E-state index in [0.717, 1.165) is 15.7 Å². The minimum atomic E-state index is -3.00. The van der Waals surface area contributed by atoms with Crippen molar-refractivity contribution in [3.05, 3.63) is 28.2 Å². The van der Waals surface area contributed by atoms with Crippen LogP contribution in [-0.2, 0) is 14.6 Å². The van der Waals surface area contributed by atoms with Crippen molar-refractivity contribution in [2.75, 3.05) is 16.4 Å². The summed E-state index contributed by atoms with van der Waals surface area (Å²) in [5.41, 5.74) is 1.87. The Morgan fingerprint density at radius 3 is 2.74 bits per heavy atom. The number of halogens is 1. The maximum atomic E-state index is 12.1. The number of nitrogens with zero attached hydrogens (tertiary/aromatic N) is 1. The van der Waals surface area contributed by atoms with Gasteiger partial charge in [-0.2, -0.15) is 0 Å². The zero-order chi connectivity index (χ0) is 13.8. The Bertz CT molecular complexity index is 656. The summed E-state index contributed by atoms with van der Waals surface area (Å²) in [6.07, 6.45) is 0.338. The molecule has 1 aromatic carbocycles. The van der Waals surface area contributed by atoms with E-state index in [-0.39, 0.29) is 29.4 Å². The van der Waals surface area contributed by atoms with E-state index in [1.54, 1.807) is 4.90 Å². The van der Waals surface area contributed by atoms with E-state index < -0.39 is 9.84 Å². The highest BCUT2D eigenvalue weighted by molar-refractivity contribution is 9.10. The molecule has 6 heteroatoms. The van der Waals surface area contributed by atoms with Crippen LogP contribution < -0.4 is 4.90 Å². The third-order valence-corrected chi connectivity index (χ3v) is 6.26. The number of amides is 1. The van der Waals surface area contributed by atoms with E-state index >= 15 is 0 Å². The lowest BCUT2D eigenvalue weighted by Crippen LogP contribution is -2.36. The summed E-state index contributed by atoms with van der Waals surface area (Å²) in [6, 6.07) is 5.56. The van der Waals surface area contributed by atoms with E-state index in [9.17, 15) is 13.2 Å². The monoisotopic (exact) mass is 343 g/mol. The van der Waals surface area contributed by atoms with Gasteiger partial charge in [-0.15, -0.1) is 0 Å². The molecule has 0 aromatic heterocycles. The van der Waals surface area contributed by atoms with Crippen molar-refractivity contribution in [1.82, 2.24) is 0 Å². The average Bonchev–Trinajstić information content (AvgIpc) is 2.70. The van der Waals surface area contributed by atoms with Crippen molar-refractivity contribution in [2.45, 2.75) is 19.4 Å². The van der Waals surface area contributed by atoms with E-state index in [4.69, 9.17) is 0 Å². The van der Waals surface area contributed by atoms with Crippen molar-refractivity contribution in [2.24, 2.45) is 5.92 Å². The molecule has 0 N–H and O–H groups in total. The Hall–Kier alpha value is -0.880. The molecular formula is C13H14BrNO3S. The predicted molar refractivity (Wildman–Crippen MR) is 76.9 cm³/mol. The molecule has 2 fully saturated rings. The number of benzene rings is 1. The number of fused-ring (bicyclic) bond motifs is 1. The zero-order valence-electron chi connectivity index (χ0n) is 10.5. The molecule has 0 aliphatic carbocycles. The lowest BCUT2D eigenvalue weighted by Gasteiger charge is -2.24. The van der Waals surface area contributed by atoms with Crippen LogP contribution in [0.3, 0.4) is 0 Å². The molecular weight excluding hydrogens is 330 g/mol. The summed E-state index contributed by atoms with van der Waals surface area (Å²) in [4.78, 5) is 13.8. The van der Waals surface area contributed by atoms with Crippen LogP contribution in [0.25, 0.3) is 0 Å². The van der Waals surface area contributed by atoms with Crippen molar-refractivity contribution >= 4 is 37.4 Å². The summed E-state index contributed by atoms with van der Waals surface area (Å²) >= 11 is 3.47. The molecule has 1 amide bonds. The van der Waals surface area contributed by atoms with Crippen LogP contribution in [0.1, 0.15) is 12.0 Å². The summed E-state index contributed by atoms with van der Waals surface area (Å²) in [7, 11) is -3.00. The third-order valence-electron chi connectivity index (χ3n) is 3.84. The lowest BCUT2D eigenvalue weighted by atomic mass is 10.0. The van der Waals surface area contributed by atoms with Gasteiger partial charge in [-0.3, -0.25) is 4.79 Å². The van der Waals surface area contributed by atoms with Gasteiger partial charge >= 0.3 is 0 Å². The van der Waals surface area contributed by atoms with Gasteiger partial charge in [0.1, 0.15) is 0 Å². The predicted octanol–water partition coefficient (Wildman–Crippen LogP) is 1.91. The van der Waals surface area contributed by atoms with Gasteiger partial charge in [0.05, 0.1) is 23.2 Å². The second-order valence-corrected chi connectivity index (χ2v) is 8.34. The average molecular weight is 344 g/mol. The lowest BCUT2D eigenvalue weighted by molar-refractivity contribution is -0.117. The number of carbonyl (C=O) groups excluding carboxylic acids is 1. The molecule has 0 bridgehead atoms. The van der Waals surface area contributed by atoms with Crippen molar-refractivity contribution < 1.29 is 13.2 Å². The molecule has 4 nitrogen and oxygen atoms in total. The van der Waals surface area contributed by atoms with Crippen LogP contribution in [0.5, 0.6) is 0 Å². The maximum absolute atomic E-state index is 12.1.